The van der Waals surface area contributed by atoms with Crippen LogP contribution in [0.3, 0.4) is 0 Å². The highest BCUT2D eigenvalue weighted by molar-refractivity contribution is 6.30. The number of imide groups is 1. The summed E-state index contributed by atoms with van der Waals surface area (Å²) < 4.78 is 38.3. The highest BCUT2D eigenvalue weighted by Crippen LogP contribution is 2.37. The molecule has 1 saturated heterocycles. The van der Waals surface area contributed by atoms with Gasteiger partial charge in [-0.1, -0.05) is 17.7 Å². The number of hydrogen-bond acceptors (Lipinski definition) is 2. The predicted octanol–water partition coefficient (Wildman–Crippen LogP) is 4.77. The van der Waals surface area contributed by atoms with Crippen molar-refractivity contribution in [2.75, 3.05) is 9.80 Å². The maximum absolute atomic E-state index is 12.9. The Morgan fingerprint density at radius 3 is 1.85 bits per heavy atom. The van der Waals surface area contributed by atoms with Gasteiger partial charge in [0.25, 0.3) is 5.91 Å². The number of alkyl halides is 3. The molecule has 3 rings (SSSR count). The summed E-state index contributed by atoms with van der Waals surface area (Å²) in [6.07, 6.45) is -4.47. The van der Waals surface area contributed by atoms with Gasteiger partial charge < -0.3 is 0 Å². The van der Waals surface area contributed by atoms with Crippen molar-refractivity contribution < 1.29 is 22.8 Å². The molecule has 2 aromatic carbocycles. The van der Waals surface area contributed by atoms with Crippen LogP contribution in [0.25, 0.3) is 0 Å². The van der Waals surface area contributed by atoms with Gasteiger partial charge in [0, 0.05) is 5.69 Å². The third-order valence-electron chi connectivity index (χ3n) is 4.41. The summed E-state index contributed by atoms with van der Waals surface area (Å²) in [5, 5.41) is 0. The summed E-state index contributed by atoms with van der Waals surface area (Å²) in [6.45, 7) is 5.02. The van der Waals surface area contributed by atoms with E-state index in [4.69, 9.17) is 0 Å². The van der Waals surface area contributed by atoms with Crippen LogP contribution in [-0.2, 0) is 11.0 Å². The van der Waals surface area contributed by atoms with Crippen LogP contribution in [0.5, 0.6) is 0 Å². The van der Waals surface area contributed by atoms with Gasteiger partial charge in [0.2, 0.25) is 0 Å². The van der Waals surface area contributed by atoms with E-state index in [0.29, 0.717) is 5.69 Å². The summed E-state index contributed by atoms with van der Waals surface area (Å²) in [4.78, 5) is 28.0. The lowest BCUT2D eigenvalue weighted by Crippen LogP contribution is -2.44. The average molecular weight is 362 g/mol. The molecule has 7 heteroatoms. The van der Waals surface area contributed by atoms with Gasteiger partial charge >= 0.3 is 12.2 Å². The number of aryl methyl sites for hydroxylation is 1. The minimum absolute atomic E-state index is 0.232. The molecule has 0 unspecified atom stereocenters. The van der Waals surface area contributed by atoms with E-state index < -0.39 is 29.2 Å². The first kappa shape index (κ1) is 18.0. The third kappa shape index (κ3) is 2.83. The number of urea groups is 1. The summed E-state index contributed by atoms with van der Waals surface area (Å²) in [5.41, 5.74) is -0.398. The van der Waals surface area contributed by atoms with E-state index in [9.17, 15) is 22.8 Å². The van der Waals surface area contributed by atoms with E-state index in [2.05, 4.69) is 0 Å². The van der Waals surface area contributed by atoms with Crippen molar-refractivity contribution in [3.63, 3.8) is 0 Å². The number of carbonyl (C=O) groups is 2. The lowest BCUT2D eigenvalue weighted by atomic mass is 10.0. The van der Waals surface area contributed by atoms with E-state index in [0.717, 1.165) is 22.6 Å². The average Bonchev–Trinajstić information content (AvgIpc) is 2.73. The molecular formula is C19H17F3N2O2. The fraction of sp³-hybridized carbons (Fsp3) is 0.263. The van der Waals surface area contributed by atoms with Crippen molar-refractivity contribution in [2.45, 2.75) is 32.5 Å². The first-order valence-electron chi connectivity index (χ1n) is 7.96. The van der Waals surface area contributed by atoms with Crippen molar-refractivity contribution >= 4 is 23.3 Å². The molecule has 1 aliphatic rings. The van der Waals surface area contributed by atoms with Gasteiger partial charge in [0.05, 0.1) is 11.3 Å². The SMILES string of the molecule is Cc1ccc(N2C(=O)N(c3ccc(C(F)(F)F)cc3)C(C)(C)C2=O)cc1. The fourth-order valence-electron chi connectivity index (χ4n) is 2.95. The Morgan fingerprint density at radius 1 is 0.846 bits per heavy atom. The molecule has 0 aromatic heterocycles. The van der Waals surface area contributed by atoms with Crippen LogP contribution in [0.1, 0.15) is 25.0 Å². The maximum atomic E-state index is 12.9. The van der Waals surface area contributed by atoms with Gasteiger partial charge in [0.1, 0.15) is 5.54 Å². The Hall–Kier alpha value is -2.83. The smallest absolute Gasteiger partial charge is 0.279 e. The second-order valence-corrected chi connectivity index (χ2v) is 6.70. The number of halogens is 3. The van der Waals surface area contributed by atoms with Gasteiger partial charge in [-0.2, -0.15) is 13.2 Å². The first-order valence-corrected chi connectivity index (χ1v) is 7.96. The topological polar surface area (TPSA) is 40.6 Å². The molecule has 26 heavy (non-hydrogen) atoms. The van der Waals surface area contributed by atoms with Gasteiger partial charge in [-0.25, -0.2) is 9.69 Å². The van der Waals surface area contributed by atoms with Gasteiger partial charge in [0.15, 0.2) is 0 Å². The maximum Gasteiger partial charge on any atom is 0.416 e. The lowest BCUT2D eigenvalue weighted by Gasteiger charge is -2.27. The highest BCUT2D eigenvalue weighted by atomic mass is 19.4. The Kier molecular flexibility index (Phi) is 4.05. The van der Waals surface area contributed by atoms with E-state index in [1.807, 2.05) is 6.92 Å². The van der Waals surface area contributed by atoms with Crippen LogP contribution in [0.15, 0.2) is 48.5 Å². The van der Waals surface area contributed by atoms with Gasteiger partial charge in [-0.15, -0.1) is 0 Å². The predicted molar refractivity (Wildman–Crippen MR) is 92.1 cm³/mol. The summed E-state index contributed by atoms with van der Waals surface area (Å²) >= 11 is 0. The molecule has 1 fully saturated rings. The van der Waals surface area contributed by atoms with Crippen molar-refractivity contribution in [1.82, 2.24) is 0 Å². The zero-order chi connectivity index (χ0) is 19.3. The molecule has 0 bridgehead atoms. The van der Waals surface area contributed by atoms with Crippen molar-refractivity contribution in [3.05, 3.63) is 59.7 Å². The van der Waals surface area contributed by atoms with Gasteiger partial charge in [-0.3, -0.25) is 9.69 Å². The Balaban J connectivity index is 2.01. The number of benzene rings is 2. The standard InChI is InChI=1S/C19H17F3N2O2/c1-12-4-8-14(9-5-12)23-16(25)18(2,3)24(17(23)26)15-10-6-13(7-11-15)19(20,21)22/h4-11H,1-3H3. The van der Waals surface area contributed by atoms with E-state index in [1.165, 1.54) is 17.0 Å². The lowest BCUT2D eigenvalue weighted by molar-refractivity contribution is -0.137. The van der Waals surface area contributed by atoms with Crippen LogP contribution in [0.2, 0.25) is 0 Å². The zero-order valence-electron chi connectivity index (χ0n) is 14.5. The quantitative estimate of drug-likeness (QED) is 0.723. The molecule has 0 spiro atoms. The monoisotopic (exact) mass is 362 g/mol. The molecule has 0 atom stereocenters. The van der Waals surface area contributed by atoms with Crippen LogP contribution in [0.4, 0.5) is 29.3 Å². The Morgan fingerprint density at radius 2 is 1.35 bits per heavy atom. The molecule has 1 heterocycles. The second-order valence-electron chi connectivity index (χ2n) is 6.70. The zero-order valence-corrected chi connectivity index (χ0v) is 14.5. The Labute approximate surface area is 148 Å². The minimum Gasteiger partial charge on any atom is -0.279 e. The molecule has 3 amide bonds. The fourth-order valence-corrected chi connectivity index (χ4v) is 2.95. The minimum atomic E-state index is -4.47. The number of amides is 3. The summed E-state index contributed by atoms with van der Waals surface area (Å²) in [7, 11) is 0. The third-order valence-corrected chi connectivity index (χ3v) is 4.41. The molecule has 136 valence electrons. The molecular weight excluding hydrogens is 345 g/mol. The Bertz CT molecular complexity index is 856. The largest absolute Gasteiger partial charge is 0.416 e. The van der Waals surface area contributed by atoms with Crippen molar-refractivity contribution in [3.8, 4) is 0 Å². The van der Waals surface area contributed by atoms with Crippen LogP contribution < -0.4 is 9.80 Å². The highest BCUT2D eigenvalue weighted by Gasteiger charge is 2.52. The molecule has 4 nitrogen and oxygen atoms in total. The van der Waals surface area contributed by atoms with Crippen molar-refractivity contribution in [1.29, 1.82) is 0 Å². The van der Waals surface area contributed by atoms with Crippen LogP contribution >= 0.6 is 0 Å². The molecule has 0 aliphatic carbocycles. The first-order chi connectivity index (χ1) is 12.0. The molecule has 0 saturated carbocycles. The van der Waals surface area contributed by atoms with Crippen molar-refractivity contribution in [2.24, 2.45) is 0 Å². The molecule has 0 radical (unpaired) electrons. The van der Waals surface area contributed by atoms with E-state index >= 15 is 0 Å². The number of nitrogens with zero attached hydrogens (tertiary/aromatic N) is 2. The van der Waals surface area contributed by atoms with E-state index in [1.54, 1.807) is 38.1 Å². The summed E-state index contributed by atoms with van der Waals surface area (Å²) in [5.74, 6) is -0.439. The van der Waals surface area contributed by atoms with E-state index in [-0.39, 0.29) is 5.69 Å². The molecule has 0 N–H and O–H groups in total. The number of hydrogen-bond donors (Lipinski definition) is 0. The van der Waals surface area contributed by atoms with Crippen LogP contribution in [-0.4, -0.2) is 17.5 Å². The second kappa shape index (κ2) is 5.86. The summed E-state index contributed by atoms with van der Waals surface area (Å²) in [6, 6.07) is 10.5. The molecule has 1 aliphatic heterocycles. The number of anilines is 2. The van der Waals surface area contributed by atoms with Crippen LogP contribution in [0, 0.1) is 6.92 Å². The number of rotatable bonds is 2. The number of carbonyl (C=O) groups excluding carboxylic acids is 2. The van der Waals surface area contributed by atoms with Gasteiger partial charge in [-0.05, 0) is 57.2 Å². The normalized spacial score (nSPS) is 17.2. The molecule has 2 aromatic rings.